The van der Waals surface area contributed by atoms with Crippen molar-refractivity contribution in [1.82, 2.24) is 15.1 Å². The number of aliphatic hydroxyl groups excluding tert-OH is 1. The molecule has 2 heterocycles. The van der Waals surface area contributed by atoms with E-state index >= 15 is 0 Å². The van der Waals surface area contributed by atoms with Gasteiger partial charge in [0.05, 0.1) is 17.8 Å². The van der Waals surface area contributed by atoms with Gasteiger partial charge in [0.2, 0.25) is 5.91 Å². The number of halogens is 1. The molecule has 4 rings (SSSR count). The predicted molar refractivity (Wildman–Crippen MR) is 104 cm³/mol. The summed E-state index contributed by atoms with van der Waals surface area (Å²) in [5.74, 6) is -0.593. The highest BCUT2D eigenvalue weighted by atomic mass is 79.9. The molecule has 0 aliphatic carbocycles. The van der Waals surface area contributed by atoms with E-state index in [0.29, 0.717) is 11.3 Å². The van der Waals surface area contributed by atoms with Crippen LogP contribution in [0.4, 0.5) is 5.69 Å². The first-order valence-electron chi connectivity index (χ1n) is 8.50. The molecule has 0 spiro atoms. The average molecular weight is 429 g/mol. The first-order chi connectivity index (χ1) is 13.0. The summed E-state index contributed by atoms with van der Waals surface area (Å²) >= 11 is 3.34. The molecule has 1 aliphatic heterocycles. The smallest absolute Gasteiger partial charge is 0.254 e. The van der Waals surface area contributed by atoms with E-state index in [4.69, 9.17) is 0 Å². The fourth-order valence-electron chi connectivity index (χ4n) is 3.29. The molecule has 2 amide bonds. The topological polar surface area (TPSA) is 98.3 Å². The maximum atomic E-state index is 12.8. The van der Waals surface area contributed by atoms with Gasteiger partial charge >= 0.3 is 0 Å². The van der Waals surface area contributed by atoms with Crippen molar-refractivity contribution in [2.24, 2.45) is 0 Å². The Hall–Kier alpha value is -2.71. The van der Waals surface area contributed by atoms with Gasteiger partial charge in [0.25, 0.3) is 5.91 Å². The van der Waals surface area contributed by atoms with Gasteiger partial charge in [0.15, 0.2) is 0 Å². The maximum absolute atomic E-state index is 12.8. The van der Waals surface area contributed by atoms with Crippen molar-refractivity contribution in [2.45, 2.75) is 18.6 Å². The fourth-order valence-corrected chi connectivity index (χ4v) is 3.56. The second-order valence-electron chi connectivity index (χ2n) is 6.53. The van der Waals surface area contributed by atoms with E-state index < -0.39 is 12.1 Å². The number of hydrogen-bond acceptors (Lipinski definition) is 4. The minimum atomic E-state index is -0.726. The molecule has 8 heteroatoms. The van der Waals surface area contributed by atoms with E-state index in [1.165, 1.54) is 4.90 Å². The Kier molecular flexibility index (Phi) is 4.67. The van der Waals surface area contributed by atoms with E-state index in [2.05, 4.69) is 31.4 Å². The number of β-amino-alcohol motifs (C(OH)–C–C–N with tert-alkyl or cyclic N) is 1. The van der Waals surface area contributed by atoms with Gasteiger partial charge in [-0.05, 0) is 42.5 Å². The fraction of sp³-hybridized carbons (Fsp3) is 0.211. The van der Waals surface area contributed by atoms with Crippen LogP contribution in [0.3, 0.4) is 0 Å². The van der Waals surface area contributed by atoms with Crippen molar-refractivity contribution < 1.29 is 14.7 Å². The van der Waals surface area contributed by atoms with Gasteiger partial charge in [-0.15, -0.1) is 0 Å². The lowest BCUT2D eigenvalue weighted by atomic mass is 10.1. The third-order valence-corrected chi connectivity index (χ3v) is 5.17. The number of aliphatic hydroxyl groups is 1. The monoisotopic (exact) mass is 428 g/mol. The van der Waals surface area contributed by atoms with Crippen LogP contribution in [0.5, 0.6) is 0 Å². The number of likely N-dealkylation sites (tertiary alicyclic amines) is 1. The van der Waals surface area contributed by atoms with Gasteiger partial charge in [0, 0.05) is 34.1 Å². The Labute approximate surface area is 163 Å². The second-order valence-corrected chi connectivity index (χ2v) is 7.45. The number of nitrogens with one attached hydrogen (secondary N) is 2. The Morgan fingerprint density at radius 1 is 1.22 bits per heavy atom. The van der Waals surface area contributed by atoms with Crippen LogP contribution in [0, 0.1) is 0 Å². The quantitative estimate of drug-likeness (QED) is 0.596. The molecule has 1 aromatic heterocycles. The lowest BCUT2D eigenvalue weighted by Gasteiger charge is -2.23. The molecule has 0 unspecified atom stereocenters. The first-order valence-corrected chi connectivity index (χ1v) is 9.29. The Morgan fingerprint density at radius 2 is 2.00 bits per heavy atom. The van der Waals surface area contributed by atoms with E-state index in [1.807, 2.05) is 12.1 Å². The van der Waals surface area contributed by atoms with Crippen LogP contribution in [-0.4, -0.2) is 50.7 Å². The summed E-state index contributed by atoms with van der Waals surface area (Å²) < 4.78 is 0.865. The third kappa shape index (κ3) is 3.58. The Balaban J connectivity index is 1.53. The summed E-state index contributed by atoms with van der Waals surface area (Å²) in [5.41, 5.74) is 1.97. The average Bonchev–Trinajstić information content (AvgIpc) is 3.27. The Bertz CT molecular complexity index is 1000. The summed E-state index contributed by atoms with van der Waals surface area (Å²) in [6, 6.07) is 11.6. The summed E-state index contributed by atoms with van der Waals surface area (Å²) in [5, 5.41) is 20.6. The molecule has 1 saturated heterocycles. The third-order valence-electron chi connectivity index (χ3n) is 4.64. The van der Waals surface area contributed by atoms with Crippen LogP contribution in [0.2, 0.25) is 0 Å². The largest absolute Gasteiger partial charge is 0.391 e. The van der Waals surface area contributed by atoms with Crippen LogP contribution >= 0.6 is 15.9 Å². The molecule has 1 aliphatic rings. The molecular formula is C19H17BrN4O3. The normalized spacial score (nSPS) is 19.4. The van der Waals surface area contributed by atoms with Gasteiger partial charge in [-0.1, -0.05) is 15.9 Å². The van der Waals surface area contributed by atoms with Crippen molar-refractivity contribution in [3.05, 3.63) is 58.7 Å². The van der Waals surface area contributed by atoms with E-state index in [-0.39, 0.29) is 24.8 Å². The van der Waals surface area contributed by atoms with E-state index in [0.717, 1.165) is 15.4 Å². The highest BCUT2D eigenvalue weighted by molar-refractivity contribution is 9.10. The summed E-state index contributed by atoms with van der Waals surface area (Å²) in [4.78, 5) is 27.0. The van der Waals surface area contributed by atoms with Gasteiger partial charge in [-0.3, -0.25) is 14.7 Å². The lowest BCUT2D eigenvalue weighted by Crippen LogP contribution is -2.43. The molecule has 3 aromatic rings. The van der Waals surface area contributed by atoms with Crippen LogP contribution in [-0.2, 0) is 4.79 Å². The summed E-state index contributed by atoms with van der Waals surface area (Å²) in [7, 11) is 0. The molecule has 2 atom stereocenters. The molecule has 138 valence electrons. The van der Waals surface area contributed by atoms with Gasteiger partial charge in [0.1, 0.15) is 6.04 Å². The number of H-pyrrole nitrogens is 1. The van der Waals surface area contributed by atoms with Gasteiger partial charge in [-0.2, -0.15) is 5.10 Å². The molecule has 0 saturated carbocycles. The number of nitrogens with zero attached hydrogens (tertiary/aromatic N) is 2. The number of rotatable bonds is 3. The van der Waals surface area contributed by atoms with Crippen LogP contribution in [0.1, 0.15) is 16.8 Å². The molecule has 27 heavy (non-hydrogen) atoms. The number of carbonyl (C=O) groups is 2. The lowest BCUT2D eigenvalue weighted by molar-refractivity contribution is -0.119. The number of carbonyl (C=O) groups excluding carboxylic acids is 2. The van der Waals surface area contributed by atoms with Crippen LogP contribution in [0.15, 0.2) is 53.1 Å². The molecule has 3 N–H and O–H groups in total. The molecule has 2 aromatic carbocycles. The number of anilines is 1. The zero-order valence-corrected chi connectivity index (χ0v) is 15.8. The molecular weight excluding hydrogens is 412 g/mol. The zero-order valence-electron chi connectivity index (χ0n) is 14.2. The molecule has 0 bridgehead atoms. The van der Waals surface area contributed by atoms with Crippen molar-refractivity contribution >= 4 is 44.3 Å². The van der Waals surface area contributed by atoms with Crippen molar-refractivity contribution in [2.75, 3.05) is 11.9 Å². The maximum Gasteiger partial charge on any atom is 0.254 e. The second kappa shape index (κ2) is 7.13. The zero-order chi connectivity index (χ0) is 19.0. The van der Waals surface area contributed by atoms with Gasteiger partial charge < -0.3 is 15.3 Å². The van der Waals surface area contributed by atoms with Gasteiger partial charge in [-0.25, -0.2) is 0 Å². The molecule has 1 fully saturated rings. The van der Waals surface area contributed by atoms with Crippen LogP contribution < -0.4 is 5.32 Å². The summed E-state index contributed by atoms with van der Waals surface area (Å²) in [6.07, 6.45) is 1.16. The minimum absolute atomic E-state index is 0.133. The van der Waals surface area contributed by atoms with Crippen LogP contribution in [0.25, 0.3) is 10.9 Å². The Morgan fingerprint density at radius 3 is 2.78 bits per heavy atom. The van der Waals surface area contributed by atoms with E-state index in [1.54, 1.807) is 36.5 Å². The minimum Gasteiger partial charge on any atom is -0.391 e. The molecule has 0 radical (unpaired) electrons. The highest BCUT2D eigenvalue weighted by Gasteiger charge is 2.39. The van der Waals surface area contributed by atoms with Crippen molar-refractivity contribution in [3.63, 3.8) is 0 Å². The molecule has 7 nitrogen and oxygen atoms in total. The number of amides is 2. The number of aromatic amines is 1. The van der Waals surface area contributed by atoms with E-state index in [9.17, 15) is 14.7 Å². The number of benzene rings is 2. The number of aromatic nitrogens is 2. The highest BCUT2D eigenvalue weighted by Crippen LogP contribution is 2.24. The SMILES string of the molecule is O=C(Nc1ccc2[nH]ncc2c1)[C@H]1C[C@@H](O)CN1C(=O)c1ccc(Br)cc1. The van der Waals surface area contributed by atoms with Crippen molar-refractivity contribution in [3.8, 4) is 0 Å². The number of hydrogen-bond donors (Lipinski definition) is 3. The first kappa shape index (κ1) is 17.7. The standard InChI is InChI=1S/C19H17BrN4O3/c20-13-3-1-11(2-4-13)19(27)24-10-15(25)8-17(24)18(26)22-14-5-6-16-12(7-14)9-21-23-16/h1-7,9,15,17,25H,8,10H2,(H,21,23)(H,22,26)/t15-,17-/m1/s1. The predicted octanol–water partition coefficient (Wildman–Crippen LogP) is 2.54. The summed E-state index contributed by atoms with van der Waals surface area (Å²) in [6.45, 7) is 0.133. The number of fused-ring (bicyclic) bond motifs is 1. The van der Waals surface area contributed by atoms with Crippen molar-refractivity contribution in [1.29, 1.82) is 0 Å².